The molecule has 0 aliphatic rings. The topological polar surface area (TPSA) is 176 Å². The van der Waals surface area contributed by atoms with Crippen LogP contribution in [0.15, 0.2) is 36.7 Å². The van der Waals surface area contributed by atoms with Gasteiger partial charge in [-0.2, -0.15) is 0 Å². The average molecular weight is 791 g/mol. The van der Waals surface area contributed by atoms with Crippen molar-refractivity contribution in [1.82, 2.24) is 40.2 Å². The molecule has 0 saturated carbocycles. The molecule has 0 fully saturated rings. The van der Waals surface area contributed by atoms with E-state index in [-0.39, 0.29) is 46.3 Å². The van der Waals surface area contributed by atoms with Crippen molar-refractivity contribution in [1.29, 1.82) is 0 Å². The largest absolute Gasteiger partial charge is 0.345 e. The highest BCUT2D eigenvalue weighted by atomic mass is 127. The number of aromatic nitrogens is 6. The Bertz CT molecular complexity index is 1690. The zero-order valence-corrected chi connectivity index (χ0v) is 30.3. The number of nitrogens with zero attached hydrogens (tertiary/aromatic N) is 8. The van der Waals surface area contributed by atoms with Crippen LogP contribution < -0.4 is 10.6 Å². The zero-order valence-electron chi connectivity index (χ0n) is 26.6. The van der Waals surface area contributed by atoms with Crippen molar-refractivity contribution in [3.05, 3.63) is 69.2 Å². The van der Waals surface area contributed by atoms with Gasteiger partial charge in [-0.15, -0.1) is 20.4 Å². The molecule has 0 radical (unpaired) electrons. The lowest BCUT2D eigenvalue weighted by molar-refractivity contribution is -0.116. The Morgan fingerprint density at radius 3 is 1.64 bits per heavy atom. The molecule has 0 saturated heterocycles. The summed E-state index contributed by atoms with van der Waals surface area (Å²) in [7, 11) is 6.66. The standard InChI is InChI=1S/C30H35IN10O4S2/c1-6-7-17(25-36-38-29(46-25)34-23(42)13-20-10-8-18(15-32-20)27(44)40(2)3)12-22(31)26-37-39-30(47-26)35-24(43)14-21-11-9-19(16-33-21)28(45)41(4)5/h8-11,15-17,22H,6-7,12-14H2,1-5H3,(H,34,38,42)(H,35,39,43)/t17-,22-/m0/s1. The maximum absolute atomic E-state index is 12.7. The second kappa shape index (κ2) is 16.7. The second-order valence-corrected chi connectivity index (χ2v) is 14.5. The molecule has 0 bridgehead atoms. The first-order chi connectivity index (χ1) is 22.4. The summed E-state index contributed by atoms with van der Waals surface area (Å²) in [6.45, 7) is 2.10. The van der Waals surface area contributed by atoms with Crippen LogP contribution >= 0.6 is 45.3 Å². The SMILES string of the molecule is CCC[C@@H](C[C@H](I)c1nnc(NC(=O)Cc2ccc(C(=O)N(C)C)cn2)s1)c1nnc(NC(=O)Cc2ccc(C(=O)N(C)C)cn2)s1. The van der Waals surface area contributed by atoms with Crippen molar-refractivity contribution >= 4 is 79.2 Å². The van der Waals surface area contributed by atoms with Crippen LogP contribution in [0.3, 0.4) is 0 Å². The normalized spacial score (nSPS) is 12.2. The maximum Gasteiger partial charge on any atom is 0.254 e. The zero-order chi connectivity index (χ0) is 34.1. The van der Waals surface area contributed by atoms with Gasteiger partial charge in [0.25, 0.3) is 11.8 Å². The average Bonchev–Trinajstić information content (AvgIpc) is 3.70. The predicted octanol–water partition coefficient (Wildman–Crippen LogP) is 4.40. The Morgan fingerprint density at radius 1 is 0.745 bits per heavy atom. The number of pyridine rings is 2. The molecule has 2 N–H and O–H groups in total. The number of amides is 4. The Balaban J connectivity index is 1.30. The minimum absolute atomic E-state index is 0.00566. The molecule has 14 nitrogen and oxygen atoms in total. The molecule has 4 aromatic heterocycles. The molecule has 248 valence electrons. The van der Waals surface area contributed by atoms with Gasteiger partial charge in [0, 0.05) is 57.9 Å². The maximum atomic E-state index is 12.7. The Hall–Kier alpha value is -3.97. The minimum atomic E-state index is -0.281. The summed E-state index contributed by atoms with van der Waals surface area (Å²) >= 11 is 4.98. The summed E-state index contributed by atoms with van der Waals surface area (Å²) in [5.74, 6) is -0.785. The molecule has 4 amide bonds. The third-order valence-electron chi connectivity index (χ3n) is 6.76. The van der Waals surface area contributed by atoms with E-state index in [1.807, 2.05) is 0 Å². The summed E-state index contributed by atoms with van der Waals surface area (Å²) in [4.78, 5) is 60.8. The first-order valence-electron chi connectivity index (χ1n) is 14.7. The van der Waals surface area contributed by atoms with Crippen LogP contribution in [0.1, 0.15) is 78.1 Å². The third-order valence-corrected chi connectivity index (χ3v) is 10.2. The van der Waals surface area contributed by atoms with Crippen LogP contribution in [0.4, 0.5) is 10.3 Å². The van der Waals surface area contributed by atoms with E-state index < -0.39 is 0 Å². The minimum Gasteiger partial charge on any atom is -0.345 e. The predicted molar refractivity (Wildman–Crippen MR) is 188 cm³/mol. The molecule has 0 unspecified atom stereocenters. The molecular formula is C30H35IN10O4S2. The Morgan fingerprint density at radius 2 is 1.21 bits per heavy atom. The van der Waals surface area contributed by atoms with E-state index in [1.165, 1.54) is 44.9 Å². The summed E-state index contributed by atoms with van der Waals surface area (Å²) in [6.07, 6.45) is 5.54. The molecule has 0 aliphatic heterocycles. The van der Waals surface area contributed by atoms with Gasteiger partial charge in [-0.25, -0.2) is 0 Å². The van der Waals surface area contributed by atoms with Gasteiger partial charge in [0.2, 0.25) is 22.1 Å². The fourth-order valence-electron chi connectivity index (χ4n) is 4.39. The number of anilines is 2. The van der Waals surface area contributed by atoms with E-state index in [4.69, 9.17) is 0 Å². The van der Waals surface area contributed by atoms with Crippen molar-refractivity contribution in [2.75, 3.05) is 38.8 Å². The molecule has 0 spiro atoms. The van der Waals surface area contributed by atoms with Gasteiger partial charge >= 0.3 is 0 Å². The van der Waals surface area contributed by atoms with Gasteiger partial charge < -0.3 is 20.4 Å². The molecule has 4 heterocycles. The molecule has 0 aliphatic carbocycles. The van der Waals surface area contributed by atoms with E-state index in [1.54, 1.807) is 52.5 Å². The molecule has 2 atom stereocenters. The lowest BCUT2D eigenvalue weighted by Gasteiger charge is -2.15. The monoisotopic (exact) mass is 790 g/mol. The number of nitrogens with one attached hydrogen (secondary N) is 2. The van der Waals surface area contributed by atoms with E-state index >= 15 is 0 Å². The van der Waals surface area contributed by atoms with Crippen molar-refractivity contribution in [3.8, 4) is 0 Å². The van der Waals surface area contributed by atoms with Gasteiger partial charge in [-0.05, 0) is 37.1 Å². The lowest BCUT2D eigenvalue weighted by atomic mass is 9.99. The van der Waals surface area contributed by atoms with Gasteiger partial charge in [0.1, 0.15) is 10.0 Å². The highest BCUT2D eigenvalue weighted by molar-refractivity contribution is 14.1. The van der Waals surface area contributed by atoms with Gasteiger partial charge in [0.15, 0.2) is 0 Å². The van der Waals surface area contributed by atoms with E-state index in [9.17, 15) is 19.2 Å². The summed E-state index contributed by atoms with van der Waals surface area (Å²) < 4.78 is 0.00566. The first kappa shape index (κ1) is 35.9. The van der Waals surface area contributed by atoms with E-state index in [0.29, 0.717) is 32.8 Å². The number of alkyl halides is 1. The molecule has 17 heteroatoms. The van der Waals surface area contributed by atoms with Crippen molar-refractivity contribution in [3.63, 3.8) is 0 Å². The van der Waals surface area contributed by atoms with Gasteiger partial charge in [-0.3, -0.25) is 29.1 Å². The lowest BCUT2D eigenvalue weighted by Crippen LogP contribution is -2.22. The van der Waals surface area contributed by atoms with Crippen LogP contribution in [0.2, 0.25) is 0 Å². The van der Waals surface area contributed by atoms with Gasteiger partial charge in [-0.1, -0.05) is 58.6 Å². The number of carbonyl (C=O) groups is 4. The highest BCUT2D eigenvalue weighted by Crippen LogP contribution is 2.40. The van der Waals surface area contributed by atoms with Gasteiger partial charge in [0.05, 0.1) is 27.9 Å². The fourth-order valence-corrected chi connectivity index (χ4v) is 7.16. The number of halogens is 1. The summed E-state index contributed by atoms with van der Waals surface area (Å²) in [6, 6.07) is 6.63. The third kappa shape index (κ3) is 10.3. The van der Waals surface area contributed by atoms with Crippen molar-refractivity contribution in [2.45, 2.75) is 48.9 Å². The summed E-state index contributed by atoms with van der Waals surface area (Å²) in [5, 5.41) is 25.0. The molecule has 47 heavy (non-hydrogen) atoms. The van der Waals surface area contributed by atoms with Crippen molar-refractivity contribution < 1.29 is 19.2 Å². The molecule has 0 aromatic carbocycles. The number of hydrogen-bond donors (Lipinski definition) is 2. The molecule has 4 rings (SSSR count). The smallest absolute Gasteiger partial charge is 0.254 e. The number of rotatable bonds is 14. The molecule has 4 aromatic rings. The van der Waals surface area contributed by atoms with E-state index in [0.717, 1.165) is 29.3 Å². The Kier molecular flexibility index (Phi) is 12.8. The van der Waals surface area contributed by atoms with Crippen molar-refractivity contribution in [2.24, 2.45) is 0 Å². The second-order valence-electron chi connectivity index (χ2n) is 11.0. The molecular weight excluding hydrogens is 755 g/mol. The fraction of sp³-hybridized carbons (Fsp3) is 0.400. The van der Waals surface area contributed by atoms with E-state index in [2.05, 4.69) is 70.5 Å². The van der Waals surface area contributed by atoms with Crippen LogP contribution in [0, 0.1) is 0 Å². The Labute approximate surface area is 294 Å². The summed E-state index contributed by atoms with van der Waals surface area (Å²) in [5.41, 5.74) is 1.98. The van der Waals surface area contributed by atoms with Crippen LogP contribution in [0.25, 0.3) is 0 Å². The van der Waals surface area contributed by atoms with Crippen LogP contribution in [0.5, 0.6) is 0 Å². The number of hydrogen-bond acceptors (Lipinski definition) is 12. The quantitative estimate of drug-likeness (QED) is 0.138. The van der Waals surface area contributed by atoms with Crippen LogP contribution in [-0.2, 0) is 22.4 Å². The number of carbonyl (C=O) groups excluding carboxylic acids is 4. The first-order valence-corrected chi connectivity index (χ1v) is 17.5. The van der Waals surface area contributed by atoms with Crippen LogP contribution in [-0.4, -0.2) is 92.0 Å². The highest BCUT2D eigenvalue weighted by Gasteiger charge is 2.24.